The lowest BCUT2D eigenvalue weighted by atomic mass is 10.2. The van der Waals surface area contributed by atoms with Gasteiger partial charge in [-0.05, 0) is 18.5 Å². The van der Waals surface area contributed by atoms with Crippen LogP contribution in [0.5, 0.6) is 0 Å². The first-order valence-corrected chi connectivity index (χ1v) is 6.60. The minimum Gasteiger partial charge on any atom is -0.445 e. The molecule has 1 aromatic carbocycles. The lowest BCUT2D eigenvalue weighted by molar-refractivity contribution is 0.0684. The molecule has 0 saturated carbocycles. The number of benzene rings is 1. The first kappa shape index (κ1) is 13.8. The zero-order valence-corrected chi connectivity index (χ0v) is 10.9. The van der Waals surface area contributed by atoms with Crippen LogP contribution >= 0.6 is 0 Å². The smallest absolute Gasteiger partial charge is 0.410 e. The normalized spacial score (nSPS) is 19.8. The van der Waals surface area contributed by atoms with Gasteiger partial charge in [-0.25, -0.2) is 4.79 Å². The lowest BCUT2D eigenvalue weighted by Crippen LogP contribution is -2.46. The molecule has 1 aliphatic rings. The Labute approximate surface area is 113 Å². The van der Waals surface area contributed by atoms with Crippen molar-refractivity contribution >= 4 is 6.09 Å². The third kappa shape index (κ3) is 3.94. The van der Waals surface area contributed by atoms with Crippen LogP contribution in [0.4, 0.5) is 4.79 Å². The maximum atomic E-state index is 12.1. The molecule has 1 aromatic rings. The van der Waals surface area contributed by atoms with Crippen molar-refractivity contribution in [2.75, 3.05) is 26.2 Å². The second-order valence-corrected chi connectivity index (χ2v) is 4.63. The summed E-state index contributed by atoms with van der Waals surface area (Å²) in [6.45, 7) is 2.30. The molecule has 2 rings (SSSR count). The summed E-state index contributed by atoms with van der Waals surface area (Å²) in [5, 5.41) is 12.5. The van der Waals surface area contributed by atoms with Crippen LogP contribution in [-0.2, 0) is 11.3 Å². The zero-order valence-electron chi connectivity index (χ0n) is 10.9. The van der Waals surface area contributed by atoms with Crippen molar-refractivity contribution in [3.8, 4) is 0 Å². The summed E-state index contributed by atoms with van der Waals surface area (Å²) in [6, 6.07) is 9.38. The predicted molar refractivity (Wildman–Crippen MR) is 71.7 cm³/mol. The van der Waals surface area contributed by atoms with Gasteiger partial charge in [0.15, 0.2) is 0 Å². The van der Waals surface area contributed by atoms with Crippen molar-refractivity contribution in [1.29, 1.82) is 0 Å². The molecule has 0 aromatic heterocycles. The second kappa shape index (κ2) is 7.11. The molecule has 1 amide bonds. The summed E-state index contributed by atoms with van der Waals surface area (Å²) in [6.07, 6.45) is 0.517. The molecule has 1 atom stereocenters. The van der Waals surface area contributed by atoms with Crippen molar-refractivity contribution < 1.29 is 14.6 Å². The minimum absolute atomic E-state index is 0.0482. The molecule has 0 unspecified atom stereocenters. The molecule has 5 heteroatoms. The molecule has 1 heterocycles. The molecule has 104 valence electrons. The van der Waals surface area contributed by atoms with Gasteiger partial charge in [0, 0.05) is 13.1 Å². The van der Waals surface area contributed by atoms with E-state index < -0.39 is 0 Å². The fourth-order valence-corrected chi connectivity index (χ4v) is 2.14. The molecule has 2 N–H and O–H groups in total. The molecule has 0 spiro atoms. The molecule has 1 aliphatic heterocycles. The number of nitrogens with one attached hydrogen (secondary N) is 1. The van der Waals surface area contributed by atoms with Crippen LogP contribution in [0, 0.1) is 0 Å². The van der Waals surface area contributed by atoms with E-state index in [0.717, 1.165) is 18.5 Å². The van der Waals surface area contributed by atoms with E-state index in [9.17, 15) is 9.90 Å². The van der Waals surface area contributed by atoms with E-state index in [1.54, 1.807) is 4.90 Å². The van der Waals surface area contributed by atoms with Crippen LogP contribution in [0.2, 0.25) is 0 Å². The average molecular weight is 264 g/mol. The highest BCUT2D eigenvalue weighted by atomic mass is 16.6. The third-order valence-electron chi connectivity index (χ3n) is 3.22. The fraction of sp³-hybridized carbons (Fsp3) is 0.500. The highest BCUT2D eigenvalue weighted by molar-refractivity contribution is 5.68. The van der Waals surface area contributed by atoms with E-state index in [1.807, 2.05) is 30.3 Å². The number of hydrogen-bond acceptors (Lipinski definition) is 4. The molecule has 1 fully saturated rings. The summed E-state index contributed by atoms with van der Waals surface area (Å²) < 4.78 is 5.30. The molecule has 19 heavy (non-hydrogen) atoms. The SMILES string of the molecule is O=C(OCc1ccccc1)N1CCCNC[C@@H]1CO. The van der Waals surface area contributed by atoms with Crippen LogP contribution in [0.3, 0.4) is 0 Å². The fourth-order valence-electron chi connectivity index (χ4n) is 2.14. The van der Waals surface area contributed by atoms with Crippen LogP contribution in [-0.4, -0.2) is 48.4 Å². The average Bonchev–Trinajstić information content (AvgIpc) is 2.71. The maximum absolute atomic E-state index is 12.1. The number of nitrogens with zero attached hydrogens (tertiary/aromatic N) is 1. The van der Waals surface area contributed by atoms with Gasteiger partial charge in [-0.15, -0.1) is 0 Å². The monoisotopic (exact) mass is 264 g/mol. The van der Waals surface area contributed by atoms with Crippen molar-refractivity contribution in [2.45, 2.75) is 19.1 Å². The number of aliphatic hydroxyl groups excluding tert-OH is 1. The summed E-state index contributed by atoms with van der Waals surface area (Å²) >= 11 is 0. The molecule has 0 aliphatic carbocycles. The van der Waals surface area contributed by atoms with Crippen LogP contribution in [0.25, 0.3) is 0 Å². The van der Waals surface area contributed by atoms with E-state index in [-0.39, 0.29) is 25.3 Å². The van der Waals surface area contributed by atoms with E-state index in [0.29, 0.717) is 13.1 Å². The second-order valence-electron chi connectivity index (χ2n) is 4.63. The van der Waals surface area contributed by atoms with E-state index >= 15 is 0 Å². The van der Waals surface area contributed by atoms with Crippen molar-refractivity contribution in [3.63, 3.8) is 0 Å². The van der Waals surface area contributed by atoms with Gasteiger partial charge in [0.1, 0.15) is 6.61 Å². The standard InChI is InChI=1S/C14H20N2O3/c17-10-13-9-15-7-4-8-16(13)14(18)19-11-12-5-2-1-3-6-12/h1-3,5-6,13,15,17H,4,7-11H2/t13-/m1/s1. The van der Waals surface area contributed by atoms with Gasteiger partial charge in [0.05, 0.1) is 12.6 Å². The maximum Gasteiger partial charge on any atom is 0.410 e. The molecule has 5 nitrogen and oxygen atoms in total. The number of ether oxygens (including phenoxy) is 1. The predicted octanol–water partition coefficient (Wildman–Crippen LogP) is 0.979. The van der Waals surface area contributed by atoms with Crippen molar-refractivity contribution in [3.05, 3.63) is 35.9 Å². The Kier molecular flexibility index (Phi) is 5.18. The number of carbonyl (C=O) groups excluding carboxylic acids is 1. The van der Waals surface area contributed by atoms with E-state index in [1.165, 1.54) is 0 Å². The van der Waals surface area contributed by atoms with Gasteiger partial charge in [-0.1, -0.05) is 30.3 Å². The Morgan fingerprint density at radius 2 is 2.21 bits per heavy atom. The summed E-state index contributed by atoms with van der Waals surface area (Å²) in [7, 11) is 0. The highest BCUT2D eigenvalue weighted by Gasteiger charge is 2.25. The third-order valence-corrected chi connectivity index (χ3v) is 3.22. The molecular weight excluding hydrogens is 244 g/mol. The largest absolute Gasteiger partial charge is 0.445 e. The minimum atomic E-state index is -0.355. The Bertz CT molecular complexity index is 397. The number of carbonyl (C=O) groups is 1. The topological polar surface area (TPSA) is 61.8 Å². The van der Waals surface area contributed by atoms with E-state index in [2.05, 4.69) is 5.32 Å². The van der Waals surface area contributed by atoms with Gasteiger partial charge in [0.2, 0.25) is 0 Å². The Morgan fingerprint density at radius 1 is 1.42 bits per heavy atom. The zero-order chi connectivity index (χ0) is 13.5. The molecule has 1 saturated heterocycles. The lowest BCUT2D eigenvalue weighted by Gasteiger charge is -2.27. The van der Waals surface area contributed by atoms with Crippen molar-refractivity contribution in [1.82, 2.24) is 10.2 Å². The van der Waals surface area contributed by atoms with Gasteiger partial charge in [0.25, 0.3) is 0 Å². The first-order valence-electron chi connectivity index (χ1n) is 6.60. The van der Waals surface area contributed by atoms with Gasteiger partial charge < -0.3 is 20.1 Å². The molecule has 0 bridgehead atoms. The number of rotatable bonds is 3. The number of amides is 1. The Hall–Kier alpha value is -1.59. The highest BCUT2D eigenvalue weighted by Crippen LogP contribution is 2.09. The quantitative estimate of drug-likeness (QED) is 0.854. The number of hydrogen-bond donors (Lipinski definition) is 2. The van der Waals surface area contributed by atoms with Gasteiger partial charge in [-0.2, -0.15) is 0 Å². The summed E-state index contributed by atoms with van der Waals surface area (Å²) in [5.74, 6) is 0. The summed E-state index contributed by atoms with van der Waals surface area (Å²) in [5.41, 5.74) is 0.962. The van der Waals surface area contributed by atoms with Gasteiger partial charge in [-0.3, -0.25) is 0 Å². The van der Waals surface area contributed by atoms with Crippen LogP contribution < -0.4 is 5.32 Å². The number of aliphatic hydroxyl groups is 1. The van der Waals surface area contributed by atoms with Gasteiger partial charge >= 0.3 is 6.09 Å². The Balaban J connectivity index is 1.90. The molecular formula is C14H20N2O3. The first-order chi connectivity index (χ1) is 9.31. The molecule has 0 radical (unpaired) electrons. The Morgan fingerprint density at radius 3 is 2.95 bits per heavy atom. The van der Waals surface area contributed by atoms with Crippen molar-refractivity contribution in [2.24, 2.45) is 0 Å². The van der Waals surface area contributed by atoms with Crippen LogP contribution in [0.1, 0.15) is 12.0 Å². The van der Waals surface area contributed by atoms with E-state index in [4.69, 9.17) is 4.74 Å². The van der Waals surface area contributed by atoms with Crippen LogP contribution in [0.15, 0.2) is 30.3 Å². The summed E-state index contributed by atoms with van der Waals surface area (Å²) in [4.78, 5) is 13.7.